The summed E-state index contributed by atoms with van der Waals surface area (Å²) in [6.45, 7) is 9.79. The highest BCUT2D eigenvalue weighted by Crippen LogP contribution is 2.45. The molecule has 0 aliphatic carbocycles. The van der Waals surface area contributed by atoms with Gasteiger partial charge in [-0.25, -0.2) is 4.99 Å². The molecule has 2 aromatic heterocycles. The number of hydrogen-bond acceptors (Lipinski definition) is 5. The fraction of sp³-hybridized carbons (Fsp3) is 0.500. The minimum Gasteiger partial charge on any atom is -0.361 e. The summed E-state index contributed by atoms with van der Waals surface area (Å²) in [4.78, 5) is 17.0. The lowest BCUT2D eigenvalue weighted by Crippen LogP contribution is -2.14. The van der Waals surface area contributed by atoms with Crippen LogP contribution in [0.2, 0.25) is 0 Å². The van der Waals surface area contributed by atoms with Crippen LogP contribution in [-0.4, -0.2) is 20.0 Å². The Balaban J connectivity index is 2.26. The van der Waals surface area contributed by atoms with E-state index in [0.29, 0.717) is 5.56 Å². The van der Waals surface area contributed by atoms with Crippen LogP contribution in [0.3, 0.4) is 0 Å². The second-order valence-electron chi connectivity index (χ2n) is 5.51. The van der Waals surface area contributed by atoms with Gasteiger partial charge in [0, 0.05) is 11.6 Å². The summed E-state index contributed by atoms with van der Waals surface area (Å²) in [5.74, 6) is 1.47. The maximum Gasteiger partial charge on any atom is 0.271 e. The molecule has 1 N–H and O–H groups in total. The number of fused-ring (bicyclic) bond motifs is 1. The highest BCUT2D eigenvalue weighted by Gasteiger charge is 2.34. The molecule has 1 atom stereocenters. The Morgan fingerprint density at radius 3 is 2.57 bits per heavy atom. The second kappa shape index (κ2) is 4.91. The Bertz CT molecular complexity index is 762. The van der Waals surface area contributed by atoms with Crippen molar-refractivity contribution in [3.63, 3.8) is 0 Å². The molecule has 1 unspecified atom stereocenters. The Labute approximate surface area is 126 Å². The quantitative estimate of drug-likeness (QED) is 0.924. The van der Waals surface area contributed by atoms with Crippen molar-refractivity contribution in [3.05, 3.63) is 32.9 Å². The smallest absolute Gasteiger partial charge is 0.271 e. The number of nitrogens with zero attached hydrogens (tertiary/aromatic N) is 3. The number of thioether (sulfide) groups is 1. The van der Waals surface area contributed by atoms with Gasteiger partial charge in [0.05, 0.1) is 21.6 Å². The van der Waals surface area contributed by atoms with Gasteiger partial charge in [-0.1, -0.05) is 16.9 Å². The summed E-state index contributed by atoms with van der Waals surface area (Å²) in [5.41, 5.74) is 2.39. The highest BCUT2D eigenvalue weighted by atomic mass is 32.2. The summed E-state index contributed by atoms with van der Waals surface area (Å²) in [5, 5.41) is 7.72. The number of aliphatic imine (C=N–C) groups is 1. The van der Waals surface area contributed by atoms with Crippen molar-refractivity contribution < 1.29 is 4.52 Å². The number of hydrogen-bond donors (Lipinski definition) is 1. The van der Waals surface area contributed by atoms with E-state index in [2.05, 4.69) is 15.2 Å². The Morgan fingerprint density at radius 1 is 1.29 bits per heavy atom. The molecule has 0 radical (unpaired) electrons. The van der Waals surface area contributed by atoms with E-state index in [1.807, 2.05) is 39.3 Å². The van der Waals surface area contributed by atoms with E-state index < -0.39 is 0 Å². The van der Waals surface area contributed by atoms with Gasteiger partial charge in [0.15, 0.2) is 5.82 Å². The number of aromatic amines is 1. The van der Waals surface area contributed by atoms with Crippen molar-refractivity contribution >= 4 is 22.6 Å². The average molecular weight is 306 g/mol. The number of rotatable bonds is 2. The predicted octanol–water partition coefficient (Wildman–Crippen LogP) is 3.25. The molecule has 0 saturated heterocycles. The molecule has 0 spiro atoms. The van der Waals surface area contributed by atoms with Crippen LogP contribution < -0.4 is 5.56 Å². The van der Waals surface area contributed by atoms with Crippen LogP contribution in [-0.2, 0) is 0 Å². The third kappa shape index (κ3) is 2.16. The summed E-state index contributed by atoms with van der Waals surface area (Å²) in [6, 6.07) is 0.145. The first-order valence-corrected chi connectivity index (χ1v) is 7.77. The van der Waals surface area contributed by atoms with Crippen molar-refractivity contribution in [3.8, 4) is 0 Å². The maximum absolute atomic E-state index is 12.4. The fourth-order valence-corrected chi connectivity index (χ4v) is 3.92. The fourth-order valence-electron chi connectivity index (χ4n) is 2.65. The molecule has 0 saturated carbocycles. The molecule has 112 valence electrons. The molecule has 3 rings (SSSR count). The van der Waals surface area contributed by atoms with Gasteiger partial charge in [0.2, 0.25) is 0 Å². The van der Waals surface area contributed by atoms with Crippen LogP contribution in [0.4, 0.5) is 5.82 Å². The Morgan fingerprint density at radius 2 is 2.00 bits per heavy atom. The standard InChI is InChI=1S/C14H18N4O2S/c1-6(2)18-13-11(14(19)16-18)12(21-9(5)15-13)10-7(3)17-20-8(10)4/h6,12H,1-5H3,(H,16,19). The van der Waals surface area contributed by atoms with E-state index >= 15 is 0 Å². The monoisotopic (exact) mass is 306 g/mol. The van der Waals surface area contributed by atoms with Gasteiger partial charge in [-0.3, -0.25) is 14.6 Å². The zero-order valence-corrected chi connectivity index (χ0v) is 13.5. The lowest BCUT2D eigenvalue weighted by Gasteiger charge is -2.21. The van der Waals surface area contributed by atoms with Crippen molar-refractivity contribution in [2.24, 2.45) is 4.99 Å². The van der Waals surface area contributed by atoms with Crippen LogP contribution in [0.15, 0.2) is 14.3 Å². The summed E-state index contributed by atoms with van der Waals surface area (Å²) < 4.78 is 7.10. The first kappa shape index (κ1) is 14.2. The molecular formula is C14H18N4O2S. The van der Waals surface area contributed by atoms with E-state index in [9.17, 15) is 4.79 Å². The number of H-pyrrole nitrogens is 1. The molecule has 0 aromatic carbocycles. The average Bonchev–Trinajstić information content (AvgIpc) is 2.90. The van der Waals surface area contributed by atoms with Gasteiger partial charge in [-0.15, -0.1) is 0 Å². The van der Waals surface area contributed by atoms with Crippen molar-refractivity contribution in [2.45, 2.75) is 45.9 Å². The molecule has 21 heavy (non-hydrogen) atoms. The Hall–Kier alpha value is -1.76. The van der Waals surface area contributed by atoms with Gasteiger partial charge in [0.1, 0.15) is 5.76 Å². The number of nitrogens with one attached hydrogen (secondary N) is 1. The maximum atomic E-state index is 12.4. The second-order valence-corrected chi connectivity index (χ2v) is 6.81. The van der Waals surface area contributed by atoms with Crippen LogP contribution >= 0.6 is 11.8 Å². The Kier molecular flexibility index (Phi) is 3.32. The summed E-state index contributed by atoms with van der Waals surface area (Å²) in [6.07, 6.45) is 0. The molecule has 2 aromatic rings. The zero-order valence-electron chi connectivity index (χ0n) is 12.7. The molecule has 7 heteroatoms. The third-order valence-electron chi connectivity index (χ3n) is 3.62. The normalized spacial score (nSPS) is 18.0. The van der Waals surface area contributed by atoms with Crippen molar-refractivity contribution in [2.75, 3.05) is 0 Å². The SMILES string of the molecule is CC1=Nc2c(c(=O)[nH]n2C(C)C)C(c2c(C)noc2C)S1. The lowest BCUT2D eigenvalue weighted by molar-refractivity contribution is 0.392. The summed E-state index contributed by atoms with van der Waals surface area (Å²) >= 11 is 1.57. The molecule has 0 amide bonds. The summed E-state index contributed by atoms with van der Waals surface area (Å²) in [7, 11) is 0. The van der Waals surface area contributed by atoms with Crippen LogP contribution in [0, 0.1) is 13.8 Å². The largest absolute Gasteiger partial charge is 0.361 e. The minimum atomic E-state index is -0.118. The molecular weight excluding hydrogens is 288 g/mol. The first-order chi connectivity index (χ1) is 9.90. The van der Waals surface area contributed by atoms with Gasteiger partial charge < -0.3 is 4.52 Å². The molecule has 1 aliphatic heterocycles. The van der Waals surface area contributed by atoms with E-state index in [0.717, 1.165) is 27.9 Å². The van der Waals surface area contributed by atoms with Crippen molar-refractivity contribution in [1.82, 2.24) is 14.9 Å². The topological polar surface area (TPSA) is 76.2 Å². The van der Waals surface area contributed by atoms with Gasteiger partial charge in [0.25, 0.3) is 5.56 Å². The van der Waals surface area contributed by atoms with E-state index in [4.69, 9.17) is 4.52 Å². The molecule has 6 nitrogen and oxygen atoms in total. The van der Waals surface area contributed by atoms with E-state index in [1.54, 1.807) is 11.8 Å². The molecule has 0 fully saturated rings. The zero-order chi connectivity index (χ0) is 15.3. The first-order valence-electron chi connectivity index (χ1n) is 6.89. The predicted molar refractivity (Wildman–Crippen MR) is 83.6 cm³/mol. The highest BCUT2D eigenvalue weighted by molar-refractivity contribution is 8.14. The third-order valence-corrected chi connectivity index (χ3v) is 4.76. The number of aryl methyl sites for hydroxylation is 2. The lowest BCUT2D eigenvalue weighted by atomic mass is 10.0. The molecule has 3 heterocycles. The van der Waals surface area contributed by atoms with Gasteiger partial charge >= 0.3 is 0 Å². The minimum absolute atomic E-state index is 0.0903. The van der Waals surface area contributed by atoms with Crippen LogP contribution in [0.1, 0.15) is 54.6 Å². The van der Waals surface area contributed by atoms with Gasteiger partial charge in [-0.2, -0.15) is 0 Å². The van der Waals surface area contributed by atoms with Crippen LogP contribution in [0.25, 0.3) is 0 Å². The van der Waals surface area contributed by atoms with E-state index in [1.165, 1.54) is 0 Å². The molecule has 1 aliphatic rings. The van der Waals surface area contributed by atoms with Crippen molar-refractivity contribution in [1.29, 1.82) is 0 Å². The molecule has 0 bridgehead atoms. The van der Waals surface area contributed by atoms with Gasteiger partial charge in [-0.05, 0) is 34.6 Å². The van der Waals surface area contributed by atoms with E-state index in [-0.39, 0.29) is 16.9 Å². The van der Waals surface area contributed by atoms with Crippen LogP contribution in [0.5, 0.6) is 0 Å². The number of aromatic nitrogens is 3.